The van der Waals surface area contributed by atoms with Gasteiger partial charge in [-0.25, -0.2) is 14.1 Å². The molecule has 2 aromatic carbocycles. The number of imide groups is 1. The topological polar surface area (TPSA) is 63.7 Å². The molecular formula is C22H22FNO4. The number of rotatable bonds is 4. The summed E-state index contributed by atoms with van der Waals surface area (Å²) in [6.45, 7) is 5.11. The number of ether oxygens (including phenoxy) is 1. The van der Waals surface area contributed by atoms with Gasteiger partial charge in [0.05, 0.1) is 5.69 Å². The summed E-state index contributed by atoms with van der Waals surface area (Å²) >= 11 is 0. The van der Waals surface area contributed by atoms with Crippen LogP contribution in [0.2, 0.25) is 0 Å². The van der Waals surface area contributed by atoms with Crippen molar-refractivity contribution in [1.82, 2.24) is 0 Å². The second-order valence-electron chi connectivity index (χ2n) is 7.76. The number of carbonyl (C=O) groups excluding carboxylic acids is 3. The van der Waals surface area contributed by atoms with Crippen molar-refractivity contribution in [2.45, 2.75) is 44.6 Å². The standard InChI is InChI=1S/C22H22FNO4/c1-21(2,3)28-20(27)24-18-11-10-16(23)14-17(18)22(19(24)26,12-7-13-25)15-8-5-4-6-9-15/h4-6,8-11,13-14H,7,12H2,1-3H3/t22-/m1/s1. The van der Waals surface area contributed by atoms with Gasteiger partial charge >= 0.3 is 6.09 Å². The second kappa shape index (κ2) is 7.19. The van der Waals surface area contributed by atoms with E-state index in [1.165, 1.54) is 18.2 Å². The van der Waals surface area contributed by atoms with Gasteiger partial charge in [0, 0.05) is 6.42 Å². The summed E-state index contributed by atoms with van der Waals surface area (Å²) in [6, 6.07) is 12.7. The lowest BCUT2D eigenvalue weighted by atomic mass is 9.72. The summed E-state index contributed by atoms with van der Waals surface area (Å²) in [5.41, 5.74) is -0.916. The van der Waals surface area contributed by atoms with Gasteiger partial charge in [0.2, 0.25) is 0 Å². The molecule has 1 atom stereocenters. The number of halogens is 1. The fourth-order valence-electron chi connectivity index (χ4n) is 3.61. The fraction of sp³-hybridized carbons (Fsp3) is 0.318. The number of amides is 2. The molecule has 1 aliphatic rings. The Morgan fingerprint density at radius 2 is 1.86 bits per heavy atom. The van der Waals surface area contributed by atoms with Crippen molar-refractivity contribution < 1.29 is 23.5 Å². The van der Waals surface area contributed by atoms with Crippen LogP contribution in [-0.4, -0.2) is 23.9 Å². The summed E-state index contributed by atoms with van der Waals surface area (Å²) in [5.74, 6) is -1.07. The minimum Gasteiger partial charge on any atom is -0.443 e. The maximum absolute atomic E-state index is 14.2. The van der Waals surface area contributed by atoms with Gasteiger partial charge in [-0.3, -0.25) is 4.79 Å². The highest BCUT2D eigenvalue weighted by Gasteiger charge is 2.54. The molecule has 5 nitrogen and oxygen atoms in total. The van der Waals surface area contributed by atoms with Crippen LogP contribution in [0.5, 0.6) is 0 Å². The zero-order chi connectivity index (χ0) is 20.5. The maximum atomic E-state index is 14.2. The van der Waals surface area contributed by atoms with Crippen LogP contribution in [0.15, 0.2) is 48.5 Å². The average molecular weight is 383 g/mol. The minimum absolute atomic E-state index is 0.0821. The summed E-state index contributed by atoms with van der Waals surface area (Å²) in [6.07, 6.45) is 0.0928. The summed E-state index contributed by atoms with van der Waals surface area (Å²) in [7, 11) is 0. The van der Waals surface area contributed by atoms with Crippen molar-refractivity contribution in [3.8, 4) is 0 Å². The first kappa shape index (κ1) is 19.7. The normalized spacial score (nSPS) is 18.7. The lowest BCUT2D eigenvalue weighted by Gasteiger charge is -2.29. The van der Waals surface area contributed by atoms with Crippen LogP contribution < -0.4 is 4.90 Å². The zero-order valence-corrected chi connectivity index (χ0v) is 16.1. The van der Waals surface area contributed by atoms with Gasteiger partial charge in [0.1, 0.15) is 23.1 Å². The van der Waals surface area contributed by atoms with E-state index in [-0.39, 0.29) is 18.5 Å². The van der Waals surface area contributed by atoms with Crippen molar-refractivity contribution in [3.63, 3.8) is 0 Å². The fourth-order valence-corrected chi connectivity index (χ4v) is 3.61. The summed E-state index contributed by atoms with van der Waals surface area (Å²) in [4.78, 5) is 38.5. The predicted octanol–water partition coefficient (Wildman–Crippen LogP) is 4.37. The van der Waals surface area contributed by atoms with Crippen LogP contribution >= 0.6 is 0 Å². The highest BCUT2D eigenvalue weighted by molar-refractivity contribution is 6.22. The molecule has 0 N–H and O–H groups in total. The van der Waals surface area contributed by atoms with Crippen LogP contribution in [0, 0.1) is 5.82 Å². The third-order valence-electron chi connectivity index (χ3n) is 4.71. The number of nitrogens with zero attached hydrogens (tertiary/aromatic N) is 1. The molecule has 0 spiro atoms. The van der Waals surface area contributed by atoms with Crippen LogP contribution in [0.1, 0.15) is 44.7 Å². The smallest absolute Gasteiger partial charge is 0.421 e. The Hall–Kier alpha value is -3.02. The number of aldehydes is 1. The van der Waals surface area contributed by atoms with Crippen molar-refractivity contribution >= 4 is 24.0 Å². The molecule has 1 heterocycles. The van der Waals surface area contributed by atoms with E-state index in [4.69, 9.17) is 4.74 Å². The third-order valence-corrected chi connectivity index (χ3v) is 4.71. The lowest BCUT2D eigenvalue weighted by molar-refractivity contribution is -0.122. The SMILES string of the molecule is CC(C)(C)OC(=O)N1C(=O)[C@](CCC=O)(c2ccccc2)c2cc(F)ccc21. The molecule has 0 unspecified atom stereocenters. The van der Waals surface area contributed by atoms with Gasteiger partial charge in [0.25, 0.3) is 5.91 Å². The van der Waals surface area contributed by atoms with Crippen LogP contribution in [-0.2, 0) is 19.7 Å². The first-order valence-corrected chi connectivity index (χ1v) is 9.07. The maximum Gasteiger partial charge on any atom is 0.421 e. The van der Waals surface area contributed by atoms with E-state index in [2.05, 4.69) is 0 Å². The second-order valence-corrected chi connectivity index (χ2v) is 7.76. The quantitative estimate of drug-likeness (QED) is 0.736. The van der Waals surface area contributed by atoms with E-state index in [9.17, 15) is 18.8 Å². The van der Waals surface area contributed by atoms with Crippen molar-refractivity contribution in [2.75, 3.05) is 4.90 Å². The molecule has 146 valence electrons. The summed E-state index contributed by atoms with van der Waals surface area (Å²) in [5, 5.41) is 0. The molecule has 0 bridgehead atoms. The van der Waals surface area contributed by atoms with Crippen LogP contribution in [0.25, 0.3) is 0 Å². The number of benzene rings is 2. The molecule has 0 radical (unpaired) electrons. The van der Waals surface area contributed by atoms with E-state index in [0.29, 0.717) is 17.4 Å². The molecule has 0 aliphatic carbocycles. The highest BCUT2D eigenvalue weighted by atomic mass is 19.1. The monoisotopic (exact) mass is 383 g/mol. The molecule has 2 aromatic rings. The molecule has 0 saturated heterocycles. The molecular weight excluding hydrogens is 361 g/mol. The lowest BCUT2D eigenvalue weighted by Crippen LogP contribution is -2.46. The van der Waals surface area contributed by atoms with E-state index < -0.39 is 28.8 Å². The Kier molecular flexibility index (Phi) is 5.06. The van der Waals surface area contributed by atoms with Crippen molar-refractivity contribution in [3.05, 3.63) is 65.5 Å². The molecule has 2 amide bonds. The average Bonchev–Trinajstić information content (AvgIpc) is 2.87. The number of fused-ring (bicyclic) bond motifs is 1. The van der Waals surface area contributed by atoms with E-state index in [1.54, 1.807) is 51.1 Å². The van der Waals surface area contributed by atoms with Crippen molar-refractivity contribution in [2.24, 2.45) is 0 Å². The molecule has 0 aromatic heterocycles. The van der Waals surface area contributed by atoms with Gasteiger partial charge in [0.15, 0.2) is 0 Å². The predicted molar refractivity (Wildman–Crippen MR) is 103 cm³/mol. The first-order valence-electron chi connectivity index (χ1n) is 9.07. The van der Waals surface area contributed by atoms with E-state index in [1.807, 2.05) is 0 Å². The molecule has 1 aliphatic heterocycles. The van der Waals surface area contributed by atoms with Gasteiger partial charge in [-0.1, -0.05) is 30.3 Å². The molecule has 3 rings (SSSR count). The Morgan fingerprint density at radius 3 is 2.46 bits per heavy atom. The number of anilines is 1. The van der Waals surface area contributed by atoms with E-state index in [0.717, 1.165) is 4.90 Å². The van der Waals surface area contributed by atoms with Gasteiger partial charge in [-0.05, 0) is 56.5 Å². The highest BCUT2D eigenvalue weighted by Crippen LogP contribution is 2.49. The zero-order valence-electron chi connectivity index (χ0n) is 16.1. The minimum atomic E-state index is -1.34. The van der Waals surface area contributed by atoms with Gasteiger partial charge < -0.3 is 9.53 Å². The summed E-state index contributed by atoms with van der Waals surface area (Å²) < 4.78 is 19.6. The number of carbonyl (C=O) groups is 3. The molecule has 6 heteroatoms. The Balaban J connectivity index is 2.23. The Bertz CT molecular complexity index is 920. The molecule has 0 fully saturated rings. The van der Waals surface area contributed by atoms with E-state index >= 15 is 0 Å². The number of hydrogen-bond acceptors (Lipinski definition) is 4. The largest absolute Gasteiger partial charge is 0.443 e. The van der Waals surface area contributed by atoms with Crippen molar-refractivity contribution in [1.29, 1.82) is 0 Å². The van der Waals surface area contributed by atoms with Crippen LogP contribution in [0.4, 0.5) is 14.9 Å². The number of hydrogen-bond donors (Lipinski definition) is 0. The van der Waals surface area contributed by atoms with Gasteiger partial charge in [-0.2, -0.15) is 0 Å². The first-order chi connectivity index (χ1) is 13.2. The van der Waals surface area contributed by atoms with Crippen LogP contribution in [0.3, 0.4) is 0 Å². The Morgan fingerprint density at radius 1 is 1.18 bits per heavy atom. The molecule has 28 heavy (non-hydrogen) atoms. The van der Waals surface area contributed by atoms with Gasteiger partial charge in [-0.15, -0.1) is 0 Å². The Labute approximate surface area is 163 Å². The molecule has 0 saturated carbocycles. The third kappa shape index (κ3) is 3.30.